The molecule has 22 heavy (non-hydrogen) atoms. The largest absolute Gasteiger partial charge is 0.314 e. The number of rotatable bonds is 6. The van der Waals surface area contributed by atoms with Crippen LogP contribution in [0.15, 0.2) is 0 Å². The fourth-order valence-corrected chi connectivity index (χ4v) is 4.34. The van der Waals surface area contributed by atoms with Gasteiger partial charge in [-0.05, 0) is 37.5 Å². The van der Waals surface area contributed by atoms with Gasteiger partial charge in [-0.1, -0.05) is 0 Å². The maximum absolute atomic E-state index is 13.5. The van der Waals surface area contributed by atoms with Gasteiger partial charge < -0.3 is 10.6 Å². The lowest BCUT2D eigenvalue weighted by atomic mass is 9.94. The van der Waals surface area contributed by atoms with Gasteiger partial charge in [0.2, 0.25) is 0 Å². The Morgan fingerprint density at radius 3 is 1.41 bits per heavy atom. The van der Waals surface area contributed by atoms with Gasteiger partial charge in [-0.3, -0.25) is 14.6 Å². The molecule has 2 aliphatic heterocycles. The zero-order valence-electron chi connectivity index (χ0n) is 13.6. The number of nitrogens with one attached hydrogen (secondary N) is 2. The van der Waals surface area contributed by atoms with E-state index in [0.717, 1.165) is 52.4 Å². The molecule has 0 radical (unpaired) electrons. The molecular weight excluding hydrogens is 276 g/mol. The van der Waals surface area contributed by atoms with Crippen molar-refractivity contribution in [2.75, 3.05) is 52.4 Å². The topological polar surface area (TPSA) is 47.6 Å². The minimum absolute atomic E-state index is 0.211. The third-order valence-corrected chi connectivity index (χ3v) is 5.81. The van der Waals surface area contributed by atoms with E-state index in [1.807, 2.05) is 0 Å². The van der Waals surface area contributed by atoms with E-state index >= 15 is 0 Å². The molecule has 0 aromatic rings. The van der Waals surface area contributed by atoms with Gasteiger partial charge in [-0.15, -0.1) is 0 Å². The van der Waals surface area contributed by atoms with Crippen LogP contribution in [0.25, 0.3) is 0 Å². The van der Waals surface area contributed by atoms with E-state index < -0.39 is 0 Å². The summed E-state index contributed by atoms with van der Waals surface area (Å²) in [5.74, 6) is 1.86. The molecule has 4 aliphatic rings. The summed E-state index contributed by atoms with van der Waals surface area (Å²) in [6.45, 7) is 8.35. The van der Waals surface area contributed by atoms with Gasteiger partial charge in [0.05, 0.1) is 12.1 Å². The van der Waals surface area contributed by atoms with Crippen LogP contribution in [0.5, 0.6) is 0 Å². The Labute approximate surface area is 133 Å². The summed E-state index contributed by atoms with van der Waals surface area (Å²) < 4.78 is 0. The quantitative estimate of drug-likeness (QED) is 0.719. The smallest absolute Gasteiger partial charge is 0.167 e. The van der Waals surface area contributed by atoms with Crippen molar-refractivity contribution in [1.82, 2.24) is 20.4 Å². The maximum atomic E-state index is 13.5. The van der Waals surface area contributed by atoms with E-state index in [-0.39, 0.29) is 12.1 Å². The average molecular weight is 306 g/mol. The van der Waals surface area contributed by atoms with Gasteiger partial charge in [0.1, 0.15) is 0 Å². The highest BCUT2D eigenvalue weighted by Gasteiger charge is 2.48. The fraction of sp³-hybridized carbons (Fsp3) is 0.941. The third-order valence-electron chi connectivity index (χ3n) is 5.81. The van der Waals surface area contributed by atoms with Crippen LogP contribution in [0.2, 0.25) is 0 Å². The Morgan fingerprint density at radius 2 is 1.09 bits per heavy atom. The molecule has 2 heterocycles. The number of nitrogens with zero attached hydrogens (tertiary/aromatic N) is 2. The maximum Gasteiger partial charge on any atom is 0.167 e. The highest BCUT2D eigenvalue weighted by molar-refractivity contribution is 5.90. The molecule has 5 heteroatoms. The number of hydrogen-bond acceptors (Lipinski definition) is 5. The predicted octanol–water partition coefficient (Wildman–Crippen LogP) is -0.0769. The molecule has 2 saturated heterocycles. The first-order valence-electron chi connectivity index (χ1n) is 9.28. The molecule has 0 amide bonds. The van der Waals surface area contributed by atoms with Gasteiger partial charge >= 0.3 is 0 Å². The van der Waals surface area contributed by atoms with Gasteiger partial charge in [0.15, 0.2) is 5.78 Å². The van der Waals surface area contributed by atoms with E-state index in [1.165, 1.54) is 25.7 Å². The normalized spacial score (nSPS) is 30.9. The Balaban J connectivity index is 1.50. The molecule has 124 valence electrons. The highest BCUT2D eigenvalue weighted by Crippen LogP contribution is 2.41. The lowest BCUT2D eigenvalue weighted by Gasteiger charge is -2.40. The Morgan fingerprint density at radius 1 is 0.727 bits per heavy atom. The summed E-state index contributed by atoms with van der Waals surface area (Å²) >= 11 is 0. The van der Waals surface area contributed by atoms with Crippen molar-refractivity contribution in [2.45, 2.75) is 37.8 Å². The van der Waals surface area contributed by atoms with Crippen LogP contribution < -0.4 is 10.6 Å². The minimum Gasteiger partial charge on any atom is -0.314 e. The zero-order valence-corrected chi connectivity index (χ0v) is 13.6. The monoisotopic (exact) mass is 306 g/mol. The molecule has 2 saturated carbocycles. The van der Waals surface area contributed by atoms with E-state index in [9.17, 15) is 4.79 Å². The van der Waals surface area contributed by atoms with Crippen molar-refractivity contribution in [1.29, 1.82) is 0 Å². The number of ketones is 1. The molecule has 0 aromatic heterocycles. The number of carbonyl (C=O) groups excluding carboxylic acids is 1. The second-order valence-electron chi connectivity index (χ2n) is 7.54. The van der Waals surface area contributed by atoms with Crippen LogP contribution in [0, 0.1) is 11.8 Å². The van der Waals surface area contributed by atoms with Crippen LogP contribution in [0.4, 0.5) is 0 Å². The summed E-state index contributed by atoms with van der Waals surface area (Å²) in [7, 11) is 0. The molecular formula is C17H30N4O. The lowest BCUT2D eigenvalue weighted by molar-refractivity contribution is -0.132. The van der Waals surface area contributed by atoms with Crippen LogP contribution in [-0.2, 0) is 4.79 Å². The Hall–Kier alpha value is -0.490. The van der Waals surface area contributed by atoms with Gasteiger partial charge in [-0.25, -0.2) is 0 Å². The number of hydrogen-bond donors (Lipinski definition) is 2. The molecule has 0 aromatic carbocycles. The Kier molecular flexibility index (Phi) is 4.49. The SMILES string of the molecule is O=C(C(C1CC1)N1CCNCC1)C(C1CC1)N1CCNCC1. The summed E-state index contributed by atoms with van der Waals surface area (Å²) in [5, 5.41) is 6.85. The van der Waals surface area contributed by atoms with Gasteiger partial charge in [-0.2, -0.15) is 0 Å². The highest BCUT2D eigenvalue weighted by atomic mass is 16.1. The van der Waals surface area contributed by atoms with E-state index in [2.05, 4.69) is 20.4 Å². The van der Waals surface area contributed by atoms with Crippen molar-refractivity contribution < 1.29 is 4.79 Å². The first kappa shape index (κ1) is 15.1. The third kappa shape index (κ3) is 3.23. The first-order chi connectivity index (χ1) is 10.8. The summed E-state index contributed by atoms with van der Waals surface area (Å²) in [6.07, 6.45) is 5.05. The standard InChI is InChI=1S/C17H30N4O/c22-17(15(13-1-2-13)20-9-5-18-6-10-20)16(14-3-4-14)21-11-7-19-8-12-21/h13-16,18-19H,1-12H2. The predicted molar refractivity (Wildman–Crippen MR) is 86.9 cm³/mol. The van der Waals surface area contributed by atoms with E-state index in [0.29, 0.717) is 17.6 Å². The van der Waals surface area contributed by atoms with E-state index in [4.69, 9.17) is 0 Å². The molecule has 4 fully saturated rings. The molecule has 4 rings (SSSR count). The molecule has 5 nitrogen and oxygen atoms in total. The Bertz CT molecular complexity index is 359. The summed E-state index contributed by atoms with van der Waals surface area (Å²) in [6, 6.07) is 0.421. The zero-order chi connectivity index (χ0) is 14.9. The molecule has 2 unspecified atom stereocenters. The van der Waals surface area contributed by atoms with Crippen LogP contribution in [-0.4, -0.2) is 80.0 Å². The summed E-state index contributed by atoms with van der Waals surface area (Å²) in [5.41, 5.74) is 0. The van der Waals surface area contributed by atoms with Gasteiger partial charge in [0, 0.05) is 52.4 Å². The second kappa shape index (κ2) is 6.56. The molecule has 2 aliphatic carbocycles. The number of carbonyl (C=O) groups is 1. The molecule has 2 atom stereocenters. The first-order valence-corrected chi connectivity index (χ1v) is 9.28. The van der Waals surface area contributed by atoms with Gasteiger partial charge in [0.25, 0.3) is 0 Å². The number of Topliss-reactive ketones (excluding diaryl/α,β-unsaturated/α-hetero) is 1. The summed E-state index contributed by atoms with van der Waals surface area (Å²) in [4.78, 5) is 18.5. The average Bonchev–Trinajstić information content (AvgIpc) is 3.44. The number of piperazine rings is 2. The lowest BCUT2D eigenvalue weighted by Crippen LogP contribution is -2.59. The minimum atomic E-state index is 0.211. The fourth-order valence-electron chi connectivity index (χ4n) is 4.34. The van der Waals surface area contributed by atoms with Crippen molar-refractivity contribution in [2.24, 2.45) is 11.8 Å². The van der Waals surface area contributed by atoms with Crippen LogP contribution in [0.1, 0.15) is 25.7 Å². The van der Waals surface area contributed by atoms with Crippen molar-refractivity contribution in [3.05, 3.63) is 0 Å². The molecule has 0 bridgehead atoms. The van der Waals surface area contributed by atoms with Crippen molar-refractivity contribution >= 4 is 5.78 Å². The van der Waals surface area contributed by atoms with E-state index in [1.54, 1.807) is 0 Å². The van der Waals surface area contributed by atoms with Crippen LogP contribution in [0.3, 0.4) is 0 Å². The molecule has 2 N–H and O–H groups in total. The second-order valence-corrected chi connectivity index (χ2v) is 7.54. The van der Waals surface area contributed by atoms with Crippen molar-refractivity contribution in [3.8, 4) is 0 Å². The molecule has 0 spiro atoms. The van der Waals surface area contributed by atoms with Crippen LogP contribution >= 0.6 is 0 Å². The van der Waals surface area contributed by atoms with Crippen molar-refractivity contribution in [3.63, 3.8) is 0 Å².